The molecule has 0 bridgehead atoms. The topological polar surface area (TPSA) is 70.2 Å². The molecule has 22 heavy (non-hydrogen) atoms. The predicted molar refractivity (Wildman–Crippen MR) is 90.9 cm³/mol. The lowest BCUT2D eigenvalue weighted by Gasteiger charge is -2.13. The summed E-state index contributed by atoms with van der Waals surface area (Å²) in [4.78, 5) is 24.0. The number of benzene rings is 1. The van der Waals surface area contributed by atoms with Crippen molar-refractivity contribution in [2.24, 2.45) is 5.92 Å². The molecule has 122 valence electrons. The molecule has 1 atom stereocenters. The Labute approximate surface area is 141 Å². The molecular weight excluding hydrogens is 325 g/mol. The van der Waals surface area contributed by atoms with Crippen molar-refractivity contribution < 1.29 is 9.59 Å². The number of amides is 2. The van der Waals surface area contributed by atoms with Crippen LogP contribution in [0.25, 0.3) is 0 Å². The average Bonchev–Trinajstić information content (AvgIpc) is 3.25. The van der Waals surface area contributed by atoms with Gasteiger partial charge >= 0.3 is 0 Å². The molecule has 0 aromatic heterocycles. The highest BCUT2D eigenvalue weighted by molar-refractivity contribution is 6.34. The van der Waals surface area contributed by atoms with Crippen LogP contribution in [0.1, 0.15) is 30.1 Å². The second-order valence-electron chi connectivity index (χ2n) is 5.39. The van der Waals surface area contributed by atoms with E-state index in [0.29, 0.717) is 22.8 Å². The molecule has 5 nitrogen and oxygen atoms in total. The summed E-state index contributed by atoms with van der Waals surface area (Å²) >= 11 is 6.06. The van der Waals surface area contributed by atoms with Crippen molar-refractivity contribution in [3.05, 3.63) is 28.8 Å². The first kappa shape index (κ1) is 18.7. The molecule has 0 heterocycles. The van der Waals surface area contributed by atoms with Gasteiger partial charge in [-0.15, -0.1) is 12.4 Å². The minimum absolute atomic E-state index is 0. The van der Waals surface area contributed by atoms with Crippen molar-refractivity contribution in [3.8, 4) is 0 Å². The van der Waals surface area contributed by atoms with Crippen LogP contribution in [0.15, 0.2) is 18.2 Å². The average molecular weight is 346 g/mol. The predicted octanol–water partition coefficient (Wildman–Crippen LogP) is 2.45. The monoisotopic (exact) mass is 345 g/mol. The quantitative estimate of drug-likeness (QED) is 0.741. The molecule has 1 aliphatic carbocycles. The fourth-order valence-electron chi connectivity index (χ4n) is 1.93. The molecule has 1 saturated carbocycles. The van der Waals surface area contributed by atoms with Crippen molar-refractivity contribution in [2.45, 2.75) is 25.8 Å². The van der Waals surface area contributed by atoms with Crippen molar-refractivity contribution in [3.63, 3.8) is 0 Å². The first-order valence-corrected chi connectivity index (χ1v) is 7.45. The van der Waals surface area contributed by atoms with E-state index in [1.807, 2.05) is 6.92 Å². The third kappa shape index (κ3) is 5.16. The largest absolute Gasteiger partial charge is 0.349 e. The molecular formula is C15H21Cl2N3O2. The van der Waals surface area contributed by atoms with Gasteiger partial charge in [0.1, 0.15) is 0 Å². The van der Waals surface area contributed by atoms with E-state index in [-0.39, 0.29) is 36.2 Å². The number of carbonyl (C=O) groups excluding carboxylic acids is 2. The Kier molecular flexibility index (Phi) is 7.13. The molecule has 1 aliphatic rings. The Balaban J connectivity index is 0.00000242. The van der Waals surface area contributed by atoms with Gasteiger partial charge < -0.3 is 16.0 Å². The molecule has 2 amide bonds. The third-order valence-corrected chi connectivity index (χ3v) is 3.68. The maximum absolute atomic E-state index is 12.1. The normalized spacial score (nSPS) is 14.7. The van der Waals surface area contributed by atoms with E-state index in [0.717, 1.165) is 12.8 Å². The van der Waals surface area contributed by atoms with Gasteiger partial charge in [-0.2, -0.15) is 0 Å². The fraction of sp³-hybridized carbons (Fsp3) is 0.467. The van der Waals surface area contributed by atoms with Gasteiger partial charge in [-0.1, -0.05) is 18.5 Å². The summed E-state index contributed by atoms with van der Waals surface area (Å²) in [5.41, 5.74) is 0.968. The highest BCUT2D eigenvalue weighted by Gasteiger charge is 2.25. The van der Waals surface area contributed by atoms with Crippen molar-refractivity contribution in [1.29, 1.82) is 0 Å². The molecule has 7 heteroatoms. The number of carbonyl (C=O) groups is 2. The minimum atomic E-state index is -0.193. The minimum Gasteiger partial charge on any atom is -0.349 e. The van der Waals surface area contributed by atoms with Crippen LogP contribution in [-0.4, -0.2) is 31.4 Å². The van der Waals surface area contributed by atoms with Gasteiger partial charge in [-0.3, -0.25) is 9.59 Å². The molecule has 0 saturated heterocycles. The standard InChI is InChI=1S/C15H20ClN3O2.ClH/c1-9(8-17-2)14(20)19-11-5-6-13(16)12(7-11)15(21)18-10-3-4-10;/h5-7,9-10,17H,3-4,8H2,1-2H3,(H,18,21)(H,19,20);1H. The lowest BCUT2D eigenvalue weighted by atomic mass is 10.1. The molecule has 1 fully saturated rings. The Hall–Kier alpha value is -1.30. The molecule has 1 aromatic carbocycles. The molecule has 3 N–H and O–H groups in total. The first-order valence-electron chi connectivity index (χ1n) is 7.07. The van der Waals surface area contributed by atoms with Gasteiger partial charge in [0.2, 0.25) is 5.91 Å². The Morgan fingerprint density at radius 2 is 2.05 bits per heavy atom. The number of hydrogen-bond donors (Lipinski definition) is 3. The summed E-state index contributed by atoms with van der Waals surface area (Å²) in [7, 11) is 1.80. The van der Waals surface area contributed by atoms with E-state index >= 15 is 0 Å². The smallest absolute Gasteiger partial charge is 0.253 e. The van der Waals surface area contributed by atoms with Crippen LogP contribution in [0.3, 0.4) is 0 Å². The SMILES string of the molecule is CNCC(C)C(=O)Nc1ccc(Cl)c(C(=O)NC2CC2)c1.Cl. The summed E-state index contributed by atoms with van der Waals surface area (Å²) in [6.45, 7) is 2.43. The highest BCUT2D eigenvalue weighted by atomic mass is 35.5. The number of halogens is 2. The second kappa shape index (κ2) is 8.36. The lowest BCUT2D eigenvalue weighted by Crippen LogP contribution is -2.29. The van der Waals surface area contributed by atoms with E-state index in [1.165, 1.54) is 0 Å². The highest BCUT2D eigenvalue weighted by Crippen LogP contribution is 2.24. The van der Waals surface area contributed by atoms with Gasteiger partial charge in [0, 0.05) is 24.2 Å². The first-order chi connectivity index (χ1) is 10.0. The molecule has 1 unspecified atom stereocenters. The molecule has 1 aromatic rings. The van der Waals surface area contributed by atoms with Crippen LogP contribution in [-0.2, 0) is 4.79 Å². The van der Waals surface area contributed by atoms with Crippen LogP contribution >= 0.6 is 24.0 Å². The summed E-state index contributed by atoms with van der Waals surface area (Å²) in [5.74, 6) is -0.448. The van der Waals surface area contributed by atoms with Crippen LogP contribution < -0.4 is 16.0 Å². The molecule has 0 aliphatic heterocycles. The number of rotatable bonds is 6. The Bertz CT molecular complexity index is 548. The zero-order valence-corrected chi connectivity index (χ0v) is 14.2. The summed E-state index contributed by atoms with van der Waals surface area (Å²) in [6, 6.07) is 5.20. The van der Waals surface area contributed by atoms with E-state index < -0.39 is 0 Å². The lowest BCUT2D eigenvalue weighted by molar-refractivity contribution is -0.119. The van der Waals surface area contributed by atoms with Gasteiger partial charge in [-0.05, 0) is 38.1 Å². The Morgan fingerprint density at radius 3 is 2.64 bits per heavy atom. The van der Waals surface area contributed by atoms with E-state index in [1.54, 1.807) is 25.2 Å². The number of nitrogens with one attached hydrogen (secondary N) is 3. The van der Waals surface area contributed by atoms with Gasteiger partial charge in [-0.25, -0.2) is 0 Å². The Morgan fingerprint density at radius 1 is 1.36 bits per heavy atom. The van der Waals surface area contributed by atoms with Crippen LogP contribution in [0, 0.1) is 5.92 Å². The maximum Gasteiger partial charge on any atom is 0.253 e. The molecule has 0 spiro atoms. The maximum atomic E-state index is 12.1. The van der Waals surface area contributed by atoms with E-state index in [4.69, 9.17) is 11.6 Å². The summed E-state index contributed by atoms with van der Waals surface area (Å²) in [5, 5.41) is 9.03. The van der Waals surface area contributed by atoms with Crippen molar-refractivity contribution in [2.75, 3.05) is 18.9 Å². The summed E-state index contributed by atoms with van der Waals surface area (Å²) < 4.78 is 0. The number of hydrogen-bond acceptors (Lipinski definition) is 3. The fourth-order valence-corrected chi connectivity index (χ4v) is 2.14. The zero-order valence-electron chi connectivity index (χ0n) is 12.6. The molecule has 2 rings (SSSR count). The van der Waals surface area contributed by atoms with Crippen molar-refractivity contribution >= 4 is 41.5 Å². The van der Waals surface area contributed by atoms with Gasteiger partial charge in [0.15, 0.2) is 0 Å². The van der Waals surface area contributed by atoms with Crippen LogP contribution in [0.5, 0.6) is 0 Å². The third-order valence-electron chi connectivity index (χ3n) is 3.35. The summed E-state index contributed by atoms with van der Waals surface area (Å²) in [6.07, 6.45) is 2.03. The zero-order chi connectivity index (χ0) is 15.4. The number of anilines is 1. The van der Waals surface area contributed by atoms with Gasteiger partial charge in [0.25, 0.3) is 5.91 Å². The van der Waals surface area contributed by atoms with E-state index in [2.05, 4.69) is 16.0 Å². The van der Waals surface area contributed by atoms with Gasteiger partial charge in [0.05, 0.1) is 10.6 Å². The van der Waals surface area contributed by atoms with E-state index in [9.17, 15) is 9.59 Å². The van der Waals surface area contributed by atoms with Crippen molar-refractivity contribution in [1.82, 2.24) is 10.6 Å². The molecule has 0 radical (unpaired) electrons. The second-order valence-corrected chi connectivity index (χ2v) is 5.80. The van der Waals surface area contributed by atoms with Crippen LogP contribution in [0.4, 0.5) is 5.69 Å². The van der Waals surface area contributed by atoms with Crippen LogP contribution in [0.2, 0.25) is 5.02 Å².